The summed E-state index contributed by atoms with van der Waals surface area (Å²) in [6.07, 6.45) is 4.03. The van der Waals surface area contributed by atoms with Crippen LogP contribution in [0.1, 0.15) is 36.8 Å². The number of carbonyl (C=O) groups is 1. The SMILES string of the molecule is CN=C(NCc1cccc(CN2CCCC2=O)c1)N1CCC2(CCOC2)C1. The fraction of sp³-hybridized carbons (Fsp3) is 0.619. The average molecular weight is 370 g/mol. The predicted molar refractivity (Wildman–Crippen MR) is 105 cm³/mol. The largest absolute Gasteiger partial charge is 0.381 e. The van der Waals surface area contributed by atoms with E-state index in [0.717, 1.165) is 64.7 Å². The zero-order chi connectivity index (χ0) is 18.7. The van der Waals surface area contributed by atoms with Crippen molar-refractivity contribution < 1.29 is 9.53 Å². The molecule has 1 unspecified atom stereocenters. The molecule has 27 heavy (non-hydrogen) atoms. The molecular formula is C21H30N4O2. The summed E-state index contributed by atoms with van der Waals surface area (Å²) in [5, 5.41) is 3.52. The van der Waals surface area contributed by atoms with Crippen molar-refractivity contribution in [2.75, 3.05) is 39.9 Å². The van der Waals surface area contributed by atoms with Gasteiger partial charge in [0.05, 0.1) is 6.61 Å². The van der Waals surface area contributed by atoms with E-state index in [1.165, 1.54) is 17.5 Å². The summed E-state index contributed by atoms with van der Waals surface area (Å²) in [5.74, 6) is 1.25. The van der Waals surface area contributed by atoms with Crippen LogP contribution in [0.4, 0.5) is 0 Å². The van der Waals surface area contributed by atoms with E-state index in [-0.39, 0.29) is 5.91 Å². The van der Waals surface area contributed by atoms with E-state index in [0.29, 0.717) is 11.8 Å². The van der Waals surface area contributed by atoms with Crippen LogP contribution in [0.5, 0.6) is 0 Å². The summed E-state index contributed by atoms with van der Waals surface area (Å²) in [5.41, 5.74) is 2.75. The first-order chi connectivity index (χ1) is 13.2. The molecule has 1 aromatic rings. The maximum absolute atomic E-state index is 11.9. The minimum absolute atomic E-state index is 0.276. The molecule has 3 fully saturated rings. The zero-order valence-corrected chi connectivity index (χ0v) is 16.2. The number of hydrogen-bond acceptors (Lipinski definition) is 3. The van der Waals surface area contributed by atoms with Gasteiger partial charge >= 0.3 is 0 Å². The molecule has 1 spiro atoms. The van der Waals surface area contributed by atoms with Crippen molar-refractivity contribution in [3.05, 3.63) is 35.4 Å². The molecule has 1 aromatic carbocycles. The summed E-state index contributed by atoms with van der Waals surface area (Å²) in [7, 11) is 1.86. The number of carbonyl (C=O) groups excluding carboxylic acids is 1. The third-order valence-corrected chi connectivity index (χ3v) is 6.12. The third-order valence-electron chi connectivity index (χ3n) is 6.12. The van der Waals surface area contributed by atoms with Crippen LogP contribution >= 0.6 is 0 Å². The topological polar surface area (TPSA) is 57.2 Å². The van der Waals surface area contributed by atoms with Crippen molar-refractivity contribution in [1.82, 2.24) is 15.1 Å². The first-order valence-electron chi connectivity index (χ1n) is 10.1. The van der Waals surface area contributed by atoms with Gasteiger partial charge in [0.2, 0.25) is 5.91 Å². The quantitative estimate of drug-likeness (QED) is 0.651. The molecule has 0 radical (unpaired) electrons. The number of nitrogens with zero attached hydrogens (tertiary/aromatic N) is 3. The second-order valence-corrected chi connectivity index (χ2v) is 8.11. The lowest BCUT2D eigenvalue weighted by Crippen LogP contribution is -2.41. The van der Waals surface area contributed by atoms with Crippen molar-refractivity contribution in [2.24, 2.45) is 10.4 Å². The molecule has 1 amide bonds. The van der Waals surface area contributed by atoms with Crippen LogP contribution < -0.4 is 5.32 Å². The highest BCUT2D eigenvalue weighted by atomic mass is 16.5. The number of hydrogen-bond donors (Lipinski definition) is 1. The number of benzene rings is 1. The average Bonchev–Trinajstić information content (AvgIpc) is 3.41. The van der Waals surface area contributed by atoms with Crippen molar-refractivity contribution in [3.63, 3.8) is 0 Å². The first-order valence-corrected chi connectivity index (χ1v) is 10.1. The van der Waals surface area contributed by atoms with Crippen LogP contribution in [0.15, 0.2) is 29.3 Å². The lowest BCUT2D eigenvalue weighted by Gasteiger charge is -2.25. The van der Waals surface area contributed by atoms with Crippen LogP contribution in [-0.2, 0) is 22.6 Å². The zero-order valence-electron chi connectivity index (χ0n) is 16.2. The molecule has 1 atom stereocenters. The number of guanidine groups is 1. The van der Waals surface area contributed by atoms with Gasteiger partial charge in [-0.15, -0.1) is 0 Å². The number of rotatable bonds is 4. The Labute approximate surface area is 161 Å². The van der Waals surface area contributed by atoms with E-state index in [1.54, 1.807) is 0 Å². The highest BCUT2D eigenvalue weighted by Gasteiger charge is 2.42. The van der Waals surface area contributed by atoms with Gasteiger partial charge in [0.25, 0.3) is 0 Å². The fourth-order valence-electron chi connectivity index (χ4n) is 4.53. The van der Waals surface area contributed by atoms with Crippen LogP contribution in [-0.4, -0.2) is 61.6 Å². The fourth-order valence-corrected chi connectivity index (χ4v) is 4.53. The van der Waals surface area contributed by atoms with Gasteiger partial charge in [0.15, 0.2) is 5.96 Å². The van der Waals surface area contributed by atoms with Gasteiger partial charge in [0, 0.05) is 58.2 Å². The standard InChI is InChI=1S/C21H30N4O2/c1-22-20(25-10-7-21(15-25)8-11-27-16-21)23-13-17-4-2-5-18(12-17)14-24-9-3-6-19(24)26/h2,4-5,12H,3,6-11,13-16H2,1H3,(H,22,23). The highest BCUT2D eigenvalue weighted by Crippen LogP contribution is 2.38. The molecule has 0 saturated carbocycles. The summed E-state index contributed by atoms with van der Waals surface area (Å²) in [6, 6.07) is 8.51. The Morgan fingerprint density at radius 1 is 1.30 bits per heavy atom. The van der Waals surface area contributed by atoms with Crippen molar-refractivity contribution in [2.45, 2.75) is 38.8 Å². The Balaban J connectivity index is 1.33. The van der Waals surface area contributed by atoms with E-state index < -0.39 is 0 Å². The Morgan fingerprint density at radius 3 is 2.93 bits per heavy atom. The molecule has 6 heteroatoms. The first kappa shape index (κ1) is 18.3. The molecule has 0 aromatic heterocycles. The molecule has 0 bridgehead atoms. The van der Waals surface area contributed by atoms with E-state index in [1.807, 2.05) is 11.9 Å². The molecule has 4 rings (SSSR count). The summed E-state index contributed by atoms with van der Waals surface area (Å²) in [6.45, 7) is 6.20. The second-order valence-electron chi connectivity index (χ2n) is 8.11. The van der Waals surface area contributed by atoms with Gasteiger partial charge < -0.3 is 19.9 Å². The van der Waals surface area contributed by atoms with Crippen LogP contribution in [0, 0.1) is 5.41 Å². The lowest BCUT2D eigenvalue weighted by atomic mass is 9.87. The molecule has 3 saturated heterocycles. The number of nitrogens with one attached hydrogen (secondary N) is 1. The van der Waals surface area contributed by atoms with E-state index in [9.17, 15) is 4.79 Å². The minimum Gasteiger partial charge on any atom is -0.381 e. The highest BCUT2D eigenvalue weighted by molar-refractivity contribution is 5.80. The van der Waals surface area contributed by atoms with Crippen LogP contribution in [0.2, 0.25) is 0 Å². The Kier molecular flexibility index (Phi) is 5.34. The van der Waals surface area contributed by atoms with Gasteiger partial charge in [-0.05, 0) is 30.4 Å². The van der Waals surface area contributed by atoms with Crippen LogP contribution in [0.3, 0.4) is 0 Å². The number of likely N-dealkylation sites (tertiary alicyclic amines) is 2. The Hall–Kier alpha value is -2.08. The van der Waals surface area contributed by atoms with E-state index in [4.69, 9.17) is 4.74 Å². The van der Waals surface area contributed by atoms with Gasteiger partial charge in [0.1, 0.15) is 0 Å². The number of ether oxygens (including phenoxy) is 1. The maximum atomic E-state index is 11.9. The third kappa shape index (κ3) is 4.10. The van der Waals surface area contributed by atoms with E-state index in [2.05, 4.69) is 39.5 Å². The summed E-state index contributed by atoms with van der Waals surface area (Å²) < 4.78 is 5.63. The normalized spacial score (nSPS) is 25.8. The smallest absolute Gasteiger partial charge is 0.222 e. The second kappa shape index (κ2) is 7.89. The van der Waals surface area contributed by atoms with Crippen molar-refractivity contribution >= 4 is 11.9 Å². The lowest BCUT2D eigenvalue weighted by molar-refractivity contribution is -0.128. The Morgan fingerprint density at radius 2 is 2.19 bits per heavy atom. The van der Waals surface area contributed by atoms with Gasteiger partial charge in [-0.2, -0.15) is 0 Å². The van der Waals surface area contributed by atoms with E-state index >= 15 is 0 Å². The van der Waals surface area contributed by atoms with Crippen LogP contribution in [0.25, 0.3) is 0 Å². The van der Waals surface area contributed by atoms with Gasteiger partial charge in [-0.1, -0.05) is 24.3 Å². The predicted octanol–water partition coefficient (Wildman–Crippen LogP) is 2.00. The minimum atomic E-state index is 0.276. The molecule has 3 aliphatic rings. The van der Waals surface area contributed by atoms with Gasteiger partial charge in [-0.25, -0.2) is 0 Å². The molecule has 146 valence electrons. The molecular weight excluding hydrogens is 340 g/mol. The molecule has 3 heterocycles. The summed E-state index contributed by atoms with van der Waals surface area (Å²) >= 11 is 0. The van der Waals surface area contributed by atoms with Gasteiger partial charge in [-0.3, -0.25) is 9.79 Å². The summed E-state index contributed by atoms with van der Waals surface area (Å²) in [4.78, 5) is 20.7. The van der Waals surface area contributed by atoms with Crippen molar-refractivity contribution in [1.29, 1.82) is 0 Å². The molecule has 0 aliphatic carbocycles. The number of amides is 1. The Bertz CT molecular complexity index is 712. The maximum Gasteiger partial charge on any atom is 0.222 e. The number of aliphatic imine (C=N–C) groups is 1. The molecule has 1 N–H and O–H groups in total. The van der Waals surface area contributed by atoms with Crippen molar-refractivity contribution in [3.8, 4) is 0 Å². The monoisotopic (exact) mass is 370 g/mol. The molecule has 3 aliphatic heterocycles. The molecule has 6 nitrogen and oxygen atoms in total.